The third kappa shape index (κ3) is 7.06. The number of hydrogen-bond donors (Lipinski definition) is 0. The van der Waals surface area contributed by atoms with Crippen LogP contribution in [-0.4, -0.2) is 6.61 Å². The normalized spacial score (nSPS) is 20.2. The Bertz CT molecular complexity index is 543. The van der Waals surface area contributed by atoms with Gasteiger partial charge in [0.15, 0.2) is 11.6 Å². The first-order valence-electron chi connectivity index (χ1n) is 10.1. The van der Waals surface area contributed by atoms with Gasteiger partial charge in [0, 0.05) is 0 Å². The summed E-state index contributed by atoms with van der Waals surface area (Å²) in [6, 6.07) is 6.32. The van der Waals surface area contributed by atoms with Crippen molar-refractivity contribution < 1.29 is 9.13 Å². The van der Waals surface area contributed by atoms with Gasteiger partial charge in [0.05, 0.1) is 18.2 Å². The standard InChI is InChI=1S/C22H32FNO/c1-2-3-4-5-7-18-9-11-19(12-10-18)8-6-15-25-22-14-13-20(17-24)16-21(22)23/h13-14,16,18-19H,2-12,15H2,1H3. The van der Waals surface area contributed by atoms with Gasteiger partial charge in [0.25, 0.3) is 0 Å². The molecule has 138 valence electrons. The predicted octanol–water partition coefficient (Wildman–Crippen LogP) is 6.63. The summed E-state index contributed by atoms with van der Waals surface area (Å²) in [5, 5.41) is 8.74. The summed E-state index contributed by atoms with van der Waals surface area (Å²) in [4.78, 5) is 0. The second-order valence-corrected chi connectivity index (χ2v) is 7.48. The van der Waals surface area contributed by atoms with Crippen molar-refractivity contribution in [3.8, 4) is 11.8 Å². The van der Waals surface area contributed by atoms with E-state index in [2.05, 4.69) is 6.92 Å². The smallest absolute Gasteiger partial charge is 0.166 e. The molecule has 0 saturated heterocycles. The molecule has 1 aliphatic rings. The summed E-state index contributed by atoms with van der Waals surface area (Å²) >= 11 is 0. The van der Waals surface area contributed by atoms with Gasteiger partial charge in [0.1, 0.15) is 0 Å². The van der Waals surface area contributed by atoms with E-state index in [0.717, 1.165) is 18.3 Å². The zero-order valence-electron chi connectivity index (χ0n) is 15.6. The zero-order valence-corrected chi connectivity index (χ0v) is 15.6. The number of ether oxygens (including phenoxy) is 1. The molecule has 1 aromatic carbocycles. The molecule has 0 aliphatic heterocycles. The lowest BCUT2D eigenvalue weighted by Crippen LogP contribution is -2.15. The van der Waals surface area contributed by atoms with Crippen LogP contribution in [0.15, 0.2) is 18.2 Å². The van der Waals surface area contributed by atoms with E-state index in [9.17, 15) is 4.39 Å². The second-order valence-electron chi connectivity index (χ2n) is 7.48. The monoisotopic (exact) mass is 345 g/mol. The maximum absolute atomic E-state index is 13.7. The molecule has 0 spiro atoms. The fourth-order valence-corrected chi connectivity index (χ4v) is 3.91. The summed E-state index contributed by atoms with van der Waals surface area (Å²) in [6.45, 7) is 2.82. The molecule has 1 aromatic rings. The molecule has 0 atom stereocenters. The first-order valence-corrected chi connectivity index (χ1v) is 10.1. The summed E-state index contributed by atoms with van der Waals surface area (Å²) in [5.41, 5.74) is 0.330. The van der Waals surface area contributed by atoms with E-state index >= 15 is 0 Å². The van der Waals surface area contributed by atoms with Crippen LogP contribution in [0.4, 0.5) is 4.39 Å². The van der Waals surface area contributed by atoms with Crippen molar-refractivity contribution in [3.05, 3.63) is 29.6 Å². The van der Waals surface area contributed by atoms with Crippen LogP contribution in [0.1, 0.15) is 83.1 Å². The number of nitriles is 1. The minimum atomic E-state index is -0.442. The molecule has 1 aliphatic carbocycles. The first kappa shape index (κ1) is 19.8. The molecule has 2 rings (SSSR count). The molecule has 0 radical (unpaired) electrons. The molecular weight excluding hydrogens is 313 g/mol. The summed E-state index contributed by atoms with van der Waals surface area (Å²) < 4.78 is 19.3. The Morgan fingerprint density at radius 2 is 1.72 bits per heavy atom. The van der Waals surface area contributed by atoms with Gasteiger partial charge in [-0.1, -0.05) is 64.7 Å². The van der Waals surface area contributed by atoms with Gasteiger partial charge in [-0.05, 0) is 42.9 Å². The molecule has 25 heavy (non-hydrogen) atoms. The van der Waals surface area contributed by atoms with E-state index in [1.54, 1.807) is 12.1 Å². The van der Waals surface area contributed by atoms with Crippen LogP contribution < -0.4 is 4.74 Å². The highest BCUT2D eigenvalue weighted by Gasteiger charge is 2.20. The van der Waals surface area contributed by atoms with E-state index in [4.69, 9.17) is 10.00 Å². The van der Waals surface area contributed by atoms with Crippen molar-refractivity contribution in [1.82, 2.24) is 0 Å². The van der Waals surface area contributed by atoms with Gasteiger partial charge in [-0.3, -0.25) is 0 Å². The summed E-state index contributed by atoms with van der Waals surface area (Å²) in [7, 11) is 0. The summed E-state index contributed by atoms with van der Waals surface area (Å²) in [6.07, 6.45) is 14.6. The molecule has 0 N–H and O–H groups in total. The molecular formula is C22H32FNO. The Balaban J connectivity index is 1.57. The lowest BCUT2D eigenvalue weighted by Gasteiger charge is -2.28. The highest BCUT2D eigenvalue weighted by molar-refractivity contribution is 5.35. The fraction of sp³-hybridized carbons (Fsp3) is 0.682. The van der Waals surface area contributed by atoms with Crippen molar-refractivity contribution in [2.45, 2.75) is 77.6 Å². The number of hydrogen-bond acceptors (Lipinski definition) is 2. The van der Waals surface area contributed by atoms with Crippen LogP contribution in [-0.2, 0) is 0 Å². The van der Waals surface area contributed by atoms with Gasteiger partial charge in [-0.15, -0.1) is 0 Å². The van der Waals surface area contributed by atoms with E-state index in [1.807, 2.05) is 6.07 Å². The maximum atomic E-state index is 13.7. The van der Waals surface area contributed by atoms with E-state index in [-0.39, 0.29) is 5.75 Å². The Morgan fingerprint density at radius 3 is 2.32 bits per heavy atom. The topological polar surface area (TPSA) is 33.0 Å². The average molecular weight is 346 g/mol. The zero-order chi connectivity index (χ0) is 17.9. The third-order valence-corrected chi connectivity index (χ3v) is 5.51. The first-order chi connectivity index (χ1) is 12.2. The minimum Gasteiger partial charge on any atom is -0.491 e. The van der Waals surface area contributed by atoms with Crippen molar-refractivity contribution in [2.75, 3.05) is 6.61 Å². The van der Waals surface area contributed by atoms with Gasteiger partial charge in [0.2, 0.25) is 0 Å². The predicted molar refractivity (Wildman–Crippen MR) is 100 cm³/mol. The Morgan fingerprint density at radius 1 is 1.04 bits per heavy atom. The van der Waals surface area contributed by atoms with Crippen molar-refractivity contribution in [3.63, 3.8) is 0 Å². The molecule has 0 bridgehead atoms. The average Bonchev–Trinajstić information content (AvgIpc) is 2.64. The van der Waals surface area contributed by atoms with Gasteiger partial charge < -0.3 is 4.74 Å². The van der Waals surface area contributed by atoms with Crippen molar-refractivity contribution in [2.24, 2.45) is 11.8 Å². The van der Waals surface area contributed by atoms with Crippen molar-refractivity contribution >= 4 is 0 Å². The number of nitrogens with zero attached hydrogens (tertiary/aromatic N) is 1. The van der Waals surface area contributed by atoms with Crippen LogP contribution in [0.2, 0.25) is 0 Å². The lowest BCUT2D eigenvalue weighted by atomic mass is 9.78. The summed E-state index contributed by atoms with van der Waals surface area (Å²) in [5.74, 6) is 1.59. The SMILES string of the molecule is CCCCCCC1CCC(CCCOc2ccc(C#N)cc2F)CC1. The molecule has 0 amide bonds. The molecule has 0 aromatic heterocycles. The molecule has 0 unspecified atom stereocenters. The molecule has 1 saturated carbocycles. The lowest BCUT2D eigenvalue weighted by molar-refractivity contribution is 0.225. The minimum absolute atomic E-state index is 0.259. The van der Waals surface area contributed by atoms with Gasteiger partial charge in [-0.25, -0.2) is 4.39 Å². The molecule has 3 heteroatoms. The highest BCUT2D eigenvalue weighted by Crippen LogP contribution is 2.34. The number of benzene rings is 1. The van der Waals surface area contributed by atoms with E-state index in [1.165, 1.54) is 70.3 Å². The number of rotatable bonds is 10. The van der Waals surface area contributed by atoms with Gasteiger partial charge in [-0.2, -0.15) is 5.26 Å². The Hall–Kier alpha value is -1.56. The molecule has 2 nitrogen and oxygen atoms in total. The Kier molecular flexibility index (Phi) is 8.80. The number of halogens is 1. The van der Waals surface area contributed by atoms with Crippen LogP contribution in [0, 0.1) is 29.0 Å². The molecule has 0 heterocycles. The number of unbranched alkanes of at least 4 members (excludes halogenated alkanes) is 3. The van der Waals surface area contributed by atoms with Crippen LogP contribution in [0.3, 0.4) is 0 Å². The quantitative estimate of drug-likeness (QED) is 0.446. The van der Waals surface area contributed by atoms with E-state index < -0.39 is 5.82 Å². The fourth-order valence-electron chi connectivity index (χ4n) is 3.91. The van der Waals surface area contributed by atoms with Gasteiger partial charge >= 0.3 is 0 Å². The molecule has 1 fully saturated rings. The van der Waals surface area contributed by atoms with Crippen LogP contribution in [0.5, 0.6) is 5.75 Å². The van der Waals surface area contributed by atoms with Crippen molar-refractivity contribution in [1.29, 1.82) is 5.26 Å². The van der Waals surface area contributed by atoms with Crippen LogP contribution in [0.25, 0.3) is 0 Å². The third-order valence-electron chi connectivity index (χ3n) is 5.51. The van der Waals surface area contributed by atoms with Crippen LogP contribution >= 0.6 is 0 Å². The largest absolute Gasteiger partial charge is 0.491 e. The van der Waals surface area contributed by atoms with E-state index in [0.29, 0.717) is 12.2 Å². The Labute approximate surface area is 152 Å². The second kappa shape index (κ2) is 11.1. The highest BCUT2D eigenvalue weighted by atomic mass is 19.1. The maximum Gasteiger partial charge on any atom is 0.166 e.